The number of aryl methyl sites for hydroxylation is 1. The molecular formula is C29H30N8O3. The summed E-state index contributed by atoms with van der Waals surface area (Å²) < 4.78 is 13.7. The van der Waals surface area contributed by atoms with E-state index in [1.807, 2.05) is 62.3 Å². The maximum atomic E-state index is 12.5. The maximum Gasteiger partial charge on any atom is 0.341 e. The van der Waals surface area contributed by atoms with Crippen LogP contribution in [0.15, 0.2) is 67.5 Å². The normalized spacial score (nSPS) is 14.0. The molecule has 0 radical (unpaired) electrons. The molecule has 6 heterocycles. The molecule has 0 aliphatic carbocycles. The van der Waals surface area contributed by atoms with Gasteiger partial charge >= 0.3 is 5.97 Å². The van der Waals surface area contributed by atoms with E-state index >= 15 is 0 Å². The molecule has 6 rings (SSSR count). The zero-order valence-electron chi connectivity index (χ0n) is 22.7. The monoisotopic (exact) mass is 538 g/mol. The maximum absolute atomic E-state index is 12.5. The molecule has 1 saturated heterocycles. The largest absolute Gasteiger partial charge is 0.481 e. The van der Waals surface area contributed by atoms with E-state index in [1.54, 1.807) is 22.5 Å². The van der Waals surface area contributed by atoms with Crippen molar-refractivity contribution in [3.05, 3.63) is 78.6 Å². The van der Waals surface area contributed by atoms with Gasteiger partial charge in [-0.2, -0.15) is 10.2 Å². The molecule has 40 heavy (non-hydrogen) atoms. The number of anilines is 1. The van der Waals surface area contributed by atoms with Crippen LogP contribution in [0.1, 0.15) is 15.9 Å². The van der Waals surface area contributed by atoms with E-state index < -0.39 is 5.97 Å². The smallest absolute Gasteiger partial charge is 0.341 e. The van der Waals surface area contributed by atoms with E-state index in [0.717, 1.165) is 60.8 Å². The minimum Gasteiger partial charge on any atom is -0.481 e. The fraction of sp³-hybridized carbons (Fsp3) is 0.276. The van der Waals surface area contributed by atoms with E-state index in [0.29, 0.717) is 17.0 Å². The van der Waals surface area contributed by atoms with Gasteiger partial charge in [-0.3, -0.25) is 9.58 Å². The first kappa shape index (κ1) is 25.5. The molecule has 1 aliphatic heterocycles. The number of piperazine rings is 1. The summed E-state index contributed by atoms with van der Waals surface area (Å²) >= 11 is 0. The molecule has 0 unspecified atom stereocenters. The van der Waals surface area contributed by atoms with Gasteiger partial charge in [0.05, 0.1) is 32.1 Å². The number of esters is 1. The molecule has 0 spiro atoms. The van der Waals surface area contributed by atoms with E-state index in [-0.39, 0.29) is 0 Å². The number of rotatable bonds is 7. The van der Waals surface area contributed by atoms with Crippen LogP contribution in [-0.4, -0.2) is 80.6 Å². The van der Waals surface area contributed by atoms with Gasteiger partial charge < -0.3 is 14.4 Å². The lowest BCUT2D eigenvalue weighted by Crippen LogP contribution is -2.46. The standard InChI is InChI=1S/C29H30N8O3/c1-34-18-23(15-32-34)22-12-24(28-25(29(38)40-3)16-33-37(28)19-22)21-5-6-26(30-14-21)36-10-8-35(9-11-36)17-20-4-7-27(39-2)31-13-20/h4-7,12-16,18-19H,8-11,17H2,1-3H3. The van der Waals surface area contributed by atoms with Gasteiger partial charge in [0.25, 0.3) is 0 Å². The second kappa shape index (κ2) is 10.8. The fourth-order valence-corrected chi connectivity index (χ4v) is 5.08. The molecule has 5 aromatic rings. The third kappa shape index (κ3) is 4.98. The summed E-state index contributed by atoms with van der Waals surface area (Å²) in [6, 6.07) is 10.1. The first-order valence-electron chi connectivity index (χ1n) is 13.0. The lowest BCUT2D eigenvalue weighted by Gasteiger charge is -2.35. The molecule has 204 valence electrons. The lowest BCUT2D eigenvalue weighted by molar-refractivity contribution is 0.0603. The molecular weight excluding hydrogens is 508 g/mol. The highest BCUT2D eigenvalue weighted by atomic mass is 16.5. The van der Waals surface area contributed by atoms with Crippen LogP contribution in [0, 0.1) is 0 Å². The molecule has 0 bridgehead atoms. The van der Waals surface area contributed by atoms with Gasteiger partial charge in [-0.15, -0.1) is 0 Å². The van der Waals surface area contributed by atoms with Crippen LogP contribution in [0.5, 0.6) is 5.88 Å². The molecule has 11 heteroatoms. The summed E-state index contributed by atoms with van der Waals surface area (Å²) in [6.45, 7) is 4.48. The number of pyridine rings is 3. The molecule has 0 saturated carbocycles. The third-order valence-electron chi connectivity index (χ3n) is 7.22. The SMILES string of the molecule is COC(=O)c1cnn2cc(-c3cnn(C)c3)cc(-c3ccc(N4CCN(Cc5ccc(OC)nc5)CC4)nc3)c12. The topological polar surface area (TPSA) is 103 Å². The van der Waals surface area contributed by atoms with Gasteiger partial charge in [-0.25, -0.2) is 19.3 Å². The highest BCUT2D eigenvalue weighted by Crippen LogP contribution is 2.33. The van der Waals surface area contributed by atoms with Crippen molar-refractivity contribution in [2.24, 2.45) is 7.05 Å². The number of hydrogen-bond acceptors (Lipinski definition) is 9. The zero-order chi connectivity index (χ0) is 27.6. The molecule has 11 nitrogen and oxygen atoms in total. The minimum absolute atomic E-state index is 0.405. The Labute approximate surface area is 231 Å². The Morgan fingerprint density at radius 3 is 2.38 bits per heavy atom. The molecule has 1 aliphatic rings. The summed E-state index contributed by atoms with van der Waals surface area (Å²) in [7, 11) is 4.88. The van der Waals surface area contributed by atoms with Crippen molar-refractivity contribution in [2.75, 3.05) is 45.3 Å². The number of hydrogen-bond donors (Lipinski definition) is 0. The van der Waals surface area contributed by atoms with Gasteiger partial charge in [-0.1, -0.05) is 6.07 Å². The number of carbonyl (C=O) groups excluding carboxylic acids is 1. The molecule has 5 aromatic heterocycles. The number of aromatic nitrogens is 6. The minimum atomic E-state index is -0.432. The number of methoxy groups -OCH3 is 2. The molecule has 0 atom stereocenters. The van der Waals surface area contributed by atoms with Crippen molar-refractivity contribution < 1.29 is 14.3 Å². The van der Waals surface area contributed by atoms with Gasteiger partial charge in [-0.05, 0) is 23.8 Å². The van der Waals surface area contributed by atoms with Crippen molar-refractivity contribution >= 4 is 17.3 Å². The first-order valence-corrected chi connectivity index (χ1v) is 13.0. The summed E-state index contributed by atoms with van der Waals surface area (Å²) in [5.41, 5.74) is 5.86. The molecule has 0 N–H and O–H groups in total. The fourth-order valence-electron chi connectivity index (χ4n) is 5.08. The number of carbonyl (C=O) groups is 1. The average Bonchev–Trinajstić information content (AvgIpc) is 3.63. The van der Waals surface area contributed by atoms with Crippen LogP contribution in [-0.2, 0) is 18.3 Å². The van der Waals surface area contributed by atoms with Crippen LogP contribution in [0.4, 0.5) is 5.82 Å². The van der Waals surface area contributed by atoms with Crippen LogP contribution < -0.4 is 9.64 Å². The lowest BCUT2D eigenvalue weighted by atomic mass is 10.0. The highest BCUT2D eigenvalue weighted by Gasteiger charge is 2.21. The Bertz CT molecular complexity index is 1630. The van der Waals surface area contributed by atoms with Crippen LogP contribution in [0.2, 0.25) is 0 Å². The third-order valence-corrected chi connectivity index (χ3v) is 7.22. The number of nitrogens with zero attached hydrogens (tertiary/aromatic N) is 8. The Balaban J connectivity index is 1.23. The Morgan fingerprint density at radius 1 is 0.875 bits per heavy atom. The molecule has 0 amide bonds. The molecule has 0 aromatic carbocycles. The Hall–Kier alpha value is -4.77. The quantitative estimate of drug-likeness (QED) is 0.289. The zero-order valence-corrected chi connectivity index (χ0v) is 22.7. The van der Waals surface area contributed by atoms with Gasteiger partial charge in [0.2, 0.25) is 5.88 Å². The van der Waals surface area contributed by atoms with E-state index in [1.165, 1.54) is 12.7 Å². The second-order valence-corrected chi connectivity index (χ2v) is 9.77. The van der Waals surface area contributed by atoms with Crippen LogP contribution in [0.25, 0.3) is 27.8 Å². The van der Waals surface area contributed by atoms with Crippen molar-refractivity contribution in [1.82, 2.24) is 34.3 Å². The van der Waals surface area contributed by atoms with E-state index in [9.17, 15) is 4.79 Å². The van der Waals surface area contributed by atoms with Crippen molar-refractivity contribution in [3.8, 4) is 28.1 Å². The van der Waals surface area contributed by atoms with E-state index in [2.05, 4.69) is 31.0 Å². The van der Waals surface area contributed by atoms with Crippen LogP contribution in [0.3, 0.4) is 0 Å². The van der Waals surface area contributed by atoms with Crippen LogP contribution >= 0.6 is 0 Å². The summed E-state index contributed by atoms with van der Waals surface area (Å²) in [6.07, 6.45) is 10.9. The van der Waals surface area contributed by atoms with Crippen molar-refractivity contribution in [2.45, 2.75) is 6.54 Å². The second-order valence-electron chi connectivity index (χ2n) is 9.77. The Kier molecular flexibility index (Phi) is 6.87. The van der Waals surface area contributed by atoms with Gasteiger partial charge in [0.15, 0.2) is 0 Å². The summed E-state index contributed by atoms with van der Waals surface area (Å²) in [5.74, 6) is 1.12. The van der Waals surface area contributed by atoms with Crippen molar-refractivity contribution in [1.29, 1.82) is 0 Å². The predicted molar refractivity (Wildman–Crippen MR) is 150 cm³/mol. The number of ether oxygens (including phenoxy) is 2. The predicted octanol–water partition coefficient (Wildman–Crippen LogP) is 3.31. The average molecular weight is 539 g/mol. The van der Waals surface area contributed by atoms with Gasteiger partial charge in [0, 0.05) is 92.9 Å². The summed E-state index contributed by atoms with van der Waals surface area (Å²) in [5, 5.41) is 8.75. The highest BCUT2D eigenvalue weighted by molar-refractivity contribution is 6.02. The Morgan fingerprint density at radius 2 is 1.73 bits per heavy atom. The van der Waals surface area contributed by atoms with Crippen molar-refractivity contribution in [3.63, 3.8) is 0 Å². The summed E-state index contributed by atoms with van der Waals surface area (Å²) in [4.78, 5) is 26.4. The van der Waals surface area contributed by atoms with Gasteiger partial charge in [0.1, 0.15) is 11.4 Å². The molecule has 1 fully saturated rings. The van der Waals surface area contributed by atoms with E-state index in [4.69, 9.17) is 14.5 Å². The number of fused-ring (bicyclic) bond motifs is 1. The first-order chi connectivity index (χ1) is 19.5.